The average Bonchev–Trinajstić information content (AvgIpc) is 2.61. The lowest BCUT2D eigenvalue weighted by molar-refractivity contribution is 0.187. The van der Waals surface area contributed by atoms with E-state index in [0.29, 0.717) is 16.3 Å². The Kier molecular flexibility index (Phi) is 6.50. The van der Waals surface area contributed by atoms with Crippen LogP contribution in [0.15, 0.2) is 36.4 Å². The average molecular weight is 348 g/mol. The number of carbonyl (C=O) groups excluding carboxylic acids is 1. The standard InChI is InChI=1S/C19H22ClNO3/c1-4-13-9-10-18(14(5-2)11-13)24-12-15-16(20)7-6-8-17(15)21-19(22)23-3/h6-11H,4-5,12H2,1-3H3,(H,21,22). The largest absolute Gasteiger partial charge is 0.488 e. The lowest BCUT2D eigenvalue weighted by atomic mass is 10.1. The van der Waals surface area contributed by atoms with E-state index >= 15 is 0 Å². The summed E-state index contributed by atoms with van der Waals surface area (Å²) in [4.78, 5) is 11.5. The molecular weight excluding hydrogens is 326 g/mol. The monoisotopic (exact) mass is 347 g/mol. The first-order valence-electron chi connectivity index (χ1n) is 7.96. The molecule has 0 aromatic heterocycles. The van der Waals surface area contributed by atoms with Gasteiger partial charge in [-0.25, -0.2) is 4.79 Å². The summed E-state index contributed by atoms with van der Waals surface area (Å²) in [6, 6.07) is 11.5. The lowest BCUT2D eigenvalue weighted by Crippen LogP contribution is -2.13. The molecule has 1 N–H and O–H groups in total. The Bertz CT molecular complexity index is 716. The van der Waals surface area contributed by atoms with Crippen LogP contribution >= 0.6 is 11.6 Å². The van der Waals surface area contributed by atoms with Crippen LogP contribution < -0.4 is 10.1 Å². The molecule has 0 aliphatic heterocycles. The van der Waals surface area contributed by atoms with Crippen LogP contribution in [0, 0.1) is 0 Å². The first kappa shape index (κ1) is 18.1. The van der Waals surface area contributed by atoms with Crippen molar-refractivity contribution in [3.8, 4) is 5.75 Å². The zero-order valence-electron chi connectivity index (χ0n) is 14.2. The van der Waals surface area contributed by atoms with Crippen LogP contribution in [0.2, 0.25) is 5.02 Å². The number of nitrogens with one attached hydrogen (secondary N) is 1. The molecule has 4 nitrogen and oxygen atoms in total. The van der Waals surface area contributed by atoms with Crippen molar-refractivity contribution >= 4 is 23.4 Å². The number of aryl methyl sites for hydroxylation is 2. The number of anilines is 1. The summed E-state index contributed by atoms with van der Waals surface area (Å²) in [5, 5.41) is 3.19. The highest BCUT2D eigenvalue weighted by atomic mass is 35.5. The van der Waals surface area contributed by atoms with Crippen LogP contribution in [0.3, 0.4) is 0 Å². The highest BCUT2D eigenvalue weighted by molar-refractivity contribution is 6.31. The zero-order chi connectivity index (χ0) is 17.5. The van der Waals surface area contributed by atoms with Crippen molar-refractivity contribution in [2.45, 2.75) is 33.3 Å². The third-order valence-electron chi connectivity index (χ3n) is 3.83. The van der Waals surface area contributed by atoms with Gasteiger partial charge in [0, 0.05) is 10.6 Å². The van der Waals surface area contributed by atoms with Gasteiger partial charge in [0.05, 0.1) is 12.8 Å². The maximum Gasteiger partial charge on any atom is 0.411 e. The first-order valence-corrected chi connectivity index (χ1v) is 8.33. The van der Waals surface area contributed by atoms with E-state index in [-0.39, 0.29) is 6.61 Å². The van der Waals surface area contributed by atoms with Gasteiger partial charge in [-0.1, -0.05) is 43.6 Å². The zero-order valence-corrected chi connectivity index (χ0v) is 14.9. The van der Waals surface area contributed by atoms with E-state index in [2.05, 4.69) is 36.0 Å². The summed E-state index contributed by atoms with van der Waals surface area (Å²) in [5.41, 5.74) is 3.73. The molecule has 0 atom stereocenters. The fraction of sp³-hybridized carbons (Fsp3) is 0.316. The highest BCUT2D eigenvalue weighted by Crippen LogP contribution is 2.28. The smallest absolute Gasteiger partial charge is 0.411 e. The first-order chi connectivity index (χ1) is 11.6. The van der Waals surface area contributed by atoms with Gasteiger partial charge in [0.1, 0.15) is 12.4 Å². The highest BCUT2D eigenvalue weighted by Gasteiger charge is 2.12. The fourth-order valence-electron chi connectivity index (χ4n) is 2.40. The molecule has 0 spiro atoms. The van der Waals surface area contributed by atoms with Crippen molar-refractivity contribution in [2.75, 3.05) is 12.4 Å². The molecule has 0 aliphatic rings. The molecule has 5 heteroatoms. The van der Waals surface area contributed by atoms with Gasteiger partial charge in [-0.3, -0.25) is 5.32 Å². The SMILES string of the molecule is CCc1ccc(OCc2c(Cl)cccc2NC(=O)OC)c(CC)c1. The number of methoxy groups -OCH3 is 1. The number of halogens is 1. The molecule has 0 unspecified atom stereocenters. The van der Waals surface area contributed by atoms with Gasteiger partial charge in [0.15, 0.2) is 0 Å². The maximum atomic E-state index is 11.5. The molecule has 2 aromatic carbocycles. The number of hydrogen-bond donors (Lipinski definition) is 1. The van der Waals surface area contributed by atoms with E-state index in [0.717, 1.165) is 24.2 Å². The molecule has 24 heavy (non-hydrogen) atoms. The van der Waals surface area contributed by atoms with E-state index in [1.807, 2.05) is 6.07 Å². The molecule has 0 aliphatic carbocycles. The van der Waals surface area contributed by atoms with Gasteiger partial charge in [-0.15, -0.1) is 0 Å². The molecule has 2 aromatic rings. The molecule has 0 heterocycles. The lowest BCUT2D eigenvalue weighted by Gasteiger charge is -2.15. The Balaban J connectivity index is 2.21. The summed E-state index contributed by atoms with van der Waals surface area (Å²) in [6.07, 6.45) is 1.34. The summed E-state index contributed by atoms with van der Waals surface area (Å²) in [6.45, 7) is 4.49. The Labute approximate surface area is 147 Å². The Hall–Kier alpha value is -2.20. The summed E-state index contributed by atoms with van der Waals surface area (Å²) in [5.74, 6) is 0.832. The summed E-state index contributed by atoms with van der Waals surface area (Å²) in [7, 11) is 1.32. The van der Waals surface area contributed by atoms with Crippen LogP contribution in [0.4, 0.5) is 10.5 Å². The molecule has 2 rings (SSSR count). The third-order valence-corrected chi connectivity index (χ3v) is 4.18. The van der Waals surface area contributed by atoms with Crippen LogP contribution in [0.5, 0.6) is 5.75 Å². The van der Waals surface area contributed by atoms with E-state index in [9.17, 15) is 4.79 Å². The minimum atomic E-state index is -0.542. The summed E-state index contributed by atoms with van der Waals surface area (Å²) >= 11 is 6.27. The molecule has 0 bridgehead atoms. The number of hydrogen-bond acceptors (Lipinski definition) is 3. The number of carbonyl (C=O) groups is 1. The Morgan fingerprint density at radius 2 is 1.96 bits per heavy atom. The van der Waals surface area contributed by atoms with Crippen molar-refractivity contribution in [3.63, 3.8) is 0 Å². The van der Waals surface area contributed by atoms with Crippen LogP contribution in [0.25, 0.3) is 0 Å². The molecule has 1 amide bonds. The fourth-order valence-corrected chi connectivity index (χ4v) is 2.63. The van der Waals surface area contributed by atoms with Crippen molar-refractivity contribution in [1.29, 1.82) is 0 Å². The maximum absolute atomic E-state index is 11.5. The number of rotatable bonds is 6. The second-order valence-electron chi connectivity index (χ2n) is 5.32. The molecule has 128 valence electrons. The van der Waals surface area contributed by atoms with Crippen molar-refractivity contribution in [2.24, 2.45) is 0 Å². The van der Waals surface area contributed by atoms with Gasteiger partial charge in [0.2, 0.25) is 0 Å². The van der Waals surface area contributed by atoms with Gasteiger partial charge in [-0.2, -0.15) is 0 Å². The van der Waals surface area contributed by atoms with E-state index in [1.54, 1.807) is 18.2 Å². The molecule has 0 saturated carbocycles. The number of benzene rings is 2. The van der Waals surface area contributed by atoms with Gasteiger partial charge in [0.25, 0.3) is 0 Å². The predicted molar refractivity (Wildman–Crippen MR) is 97.0 cm³/mol. The van der Waals surface area contributed by atoms with Crippen molar-refractivity contribution in [3.05, 3.63) is 58.1 Å². The quantitative estimate of drug-likeness (QED) is 0.779. The van der Waals surface area contributed by atoms with Gasteiger partial charge in [-0.05, 0) is 42.2 Å². The van der Waals surface area contributed by atoms with Crippen molar-refractivity contribution < 1.29 is 14.3 Å². The number of ether oxygens (including phenoxy) is 2. The van der Waals surface area contributed by atoms with Crippen LogP contribution in [-0.2, 0) is 24.2 Å². The normalized spacial score (nSPS) is 10.3. The minimum Gasteiger partial charge on any atom is -0.488 e. The topological polar surface area (TPSA) is 47.6 Å². The Morgan fingerprint density at radius 3 is 2.62 bits per heavy atom. The summed E-state index contributed by atoms with van der Waals surface area (Å²) < 4.78 is 10.6. The predicted octanol–water partition coefficient (Wildman–Crippen LogP) is 5.22. The molecule has 0 radical (unpaired) electrons. The molecule has 0 fully saturated rings. The second kappa shape index (κ2) is 8.60. The van der Waals surface area contributed by atoms with E-state index in [1.165, 1.54) is 12.7 Å². The van der Waals surface area contributed by atoms with Crippen LogP contribution in [0.1, 0.15) is 30.5 Å². The second-order valence-corrected chi connectivity index (χ2v) is 5.73. The van der Waals surface area contributed by atoms with Crippen LogP contribution in [-0.4, -0.2) is 13.2 Å². The number of amides is 1. The van der Waals surface area contributed by atoms with E-state index in [4.69, 9.17) is 16.3 Å². The van der Waals surface area contributed by atoms with E-state index < -0.39 is 6.09 Å². The van der Waals surface area contributed by atoms with Gasteiger partial charge < -0.3 is 9.47 Å². The molecular formula is C19H22ClNO3. The van der Waals surface area contributed by atoms with Gasteiger partial charge >= 0.3 is 6.09 Å². The Morgan fingerprint density at radius 1 is 1.17 bits per heavy atom. The third kappa shape index (κ3) is 4.42. The molecule has 0 saturated heterocycles. The van der Waals surface area contributed by atoms with Crippen molar-refractivity contribution in [1.82, 2.24) is 0 Å². The minimum absolute atomic E-state index is 0.261.